The van der Waals surface area contributed by atoms with Crippen molar-refractivity contribution in [1.82, 2.24) is 9.38 Å². The van der Waals surface area contributed by atoms with Gasteiger partial charge in [0.05, 0.1) is 29.7 Å². The molecule has 1 N–H and O–H groups in total. The number of carbonyl (C=O) groups is 1. The fourth-order valence-electron chi connectivity index (χ4n) is 3.07. The number of rotatable bonds is 4. The van der Waals surface area contributed by atoms with Crippen LogP contribution in [0.4, 0.5) is 8.78 Å². The highest BCUT2D eigenvalue weighted by atomic mass is 35.5. The molecule has 0 spiro atoms. The second kappa shape index (κ2) is 6.03. The van der Waals surface area contributed by atoms with Gasteiger partial charge in [-0.3, -0.25) is 0 Å². The summed E-state index contributed by atoms with van der Waals surface area (Å²) in [6.07, 6.45) is 2.18. The SMILES string of the molecule is Cc1c(F)c(C(=O)O)cc(F)c1-c1nc2cc(Cl)ccn2c1CC1CO1. The maximum atomic E-state index is 14.7. The number of nitrogens with zero attached hydrogens (tertiary/aromatic N) is 2. The Balaban J connectivity index is 1.99. The summed E-state index contributed by atoms with van der Waals surface area (Å²) in [6, 6.07) is 3.99. The molecule has 8 heteroatoms. The molecule has 134 valence electrons. The van der Waals surface area contributed by atoms with E-state index in [-0.39, 0.29) is 22.9 Å². The number of benzene rings is 1. The van der Waals surface area contributed by atoms with E-state index in [2.05, 4.69) is 4.98 Å². The lowest BCUT2D eigenvalue weighted by Gasteiger charge is -2.11. The fraction of sp³-hybridized carbons (Fsp3) is 0.222. The van der Waals surface area contributed by atoms with Crippen LogP contribution < -0.4 is 0 Å². The molecule has 0 bridgehead atoms. The molecule has 1 atom stereocenters. The average molecular weight is 379 g/mol. The number of epoxide rings is 1. The molecule has 0 radical (unpaired) electrons. The molecule has 1 saturated heterocycles. The highest BCUT2D eigenvalue weighted by Gasteiger charge is 2.30. The van der Waals surface area contributed by atoms with E-state index in [1.54, 1.807) is 22.7 Å². The third-order valence-electron chi connectivity index (χ3n) is 4.43. The van der Waals surface area contributed by atoms with Crippen LogP contribution in [0.3, 0.4) is 0 Å². The molecular formula is C18H13ClF2N2O3. The number of carboxylic acid groups (broad SMARTS) is 1. The van der Waals surface area contributed by atoms with E-state index >= 15 is 0 Å². The molecule has 4 rings (SSSR count). The molecule has 26 heavy (non-hydrogen) atoms. The average Bonchev–Trinajstić information content (AvgIpc) is 3.33. The van der Waals surface area contributed by atoms with E-state index in [9.17, 15) is 13.6 Å². The van der Waals surface area contributed by atoms with Crippen molar-refractivity contribution in [3.63, 3.8) is 0 Å². The first kappa shape index (κ1) is 16.9. The van der Waals surface area contributed by atoms with Crippen LogP contribution >= 0.6 is 11.6 Å². The van der Waals surface area contributed by atoms with E-state index in [0.717, 1.165) is 0 Å². The van der Waals surface area contributed by atoms with Gasteiger partial charge in [-0.25, -0.2) is 18.6 Å². The summed E-state index contributed by atoms with van der Waals surface area (Å²) in [4.78, 5) is 15.5. The Morgan fingerprint density at radius 2 is 2.19 bits per heavy atom. The zero-order valence-corrected chi connectivity index (χ0v) is 14.3. The molecule has 5 nitrogen and oxygen atoms in total. The molecule has 0 saturated carbocycles. The zero-order chi connectivity index (χ0) is 18.6. The highest BCUT2D eigenvalue weighted by Crippen LogP contribution is 2.34. The van der Waals surface area contributed by atoms with Crippen LogP contribution in [0.25, 0.3) is 16.9 Å². The Kier molecular flexibility index (Phi) is 3.93. The van der Waals surface area contributed by atoms with Gasteiger partial charge in [-0.15, -0.1) is 0 Å². The summed E-state index contributed by atoms with van der Waals surface area (Å²) in [7, 11) is 0. The monoisotopic (exact) mass is 378 g/mol. The van der Waals surface area contributed by atoms with Crippen LogP contribution in [0.15, 0.2) is 24.4 Å². The van der Waals surface area contributed by atoms with E-state index < -0.39 is 23.2 Å². The molecule has 1 aromatic carbocycles. The summed E-state index contributed by atoms with van der Waals surface area (Å²) in [5.74, 6) is -3.34. The van der Waals surface area contributed by atoms with Crippen molar-refractivity contribution in [2.24, 2.45) is 0 Å². The van der Waals surface area contributed by atoms with Gasteiger partial charge in [0.2, 0.25) is 0 Å². The maximum Gasteiger partial charge on any atom is 0.338 e. The van der Waals surface area contributed by atoms with Crippen molar-refractivity contribution in [3.8, 4) is 11.3 Å². The van der Waals surface area contributed by atoms with Gasteiger partial charge >= 0.3 is 5.97 Å². The number of hydrogen-bond donors (Lipinski definition) is 1. The molecule has 0 aliphatic carbocycles. The van der Waals surface area contributed by atoms with Crippen LogP contribution in [-0.4, -0.2) is 33.2 Å². The standard InChI is InChI=1S/C18H13ClF2N2O3/c1-8-15(12(20)6-11(16(8)21)18(24)25)17-13(5-10-7-26-10)23-3-2-9(19)4-14(23)22-17/h2-4,6,10H,5,7H2,1H3,(H,24,25). The first-order chi connectivity index (χ1) is 12.4. The van der Waals surface area contributed by atoms with Crippen molar-refractivity contribution in [2.45, 2.75) is 19.4 Å². The van der Waals surface area contributed by atoms with Crippen molar-refractivity contribution in [1.29, 1.82) is 0 Å². The van der Waals surface area contributed by atoms with E-state index in [1.807, 2.05) is 0 Å². The Hall–Kier alpha value is -2.51. The Labute approximate surface area is 151 Å². The number of fused-ring (bicyclic) bond motifs is 1. The van der Waals surface area contributed by atoms with Crippen molar-refractivity contribution >= 4 is 23.2 Å². The number of carboxylic acids is 1. The quantitative estimate of drug-likeness (QED) is 0.700. The molecule has 1 aliphatic rings. The molecular weight excluding hydrogens is 366 g/mol. The van der Waals surface area contributed by atoms with Crippen molar-refractivity contribution in [2.75, 3.05) is 6.61 Å². The molecule has 2 aromatic heterocycles. The molecule has 1 unspecified atom stereocenters. The van der Waals surface area contributed by atoms with E-state index in [0.29, 0.717) is 35.5 Å². The summed E-state index contributed by atoms with van der Waals surface area (Å²) in [5, 5.41) is 9.51. The van der Waals surface area contributed by atoms with E-state index in [4.69, 9.17) is 21.4 Å². The first-order valence-corrected chi connectivity index (χ1v) is 8.25. The Morgan fingerprint density at radius 3 is 2.85 bits per heavy atom. The van der Waals surface area contributed by atoms with Crippen LogP contribution in [-0.2, 0) is 11.2 Å². The molecule has 1 aliphatic heterocycles. The lowest BCUT2D eigenvalue weighted by Crippen LogP contribution is -2.07. The van der Waals surface area contributed by atoms with Crippen LogP contribution in [0.5, 0.6) is 0 Å². The summed E-state index contributed by atoms with van der Waals surface area (Å²) >= 11 is 6.01. The number of imidazole rings is 1. The summed E-state index contributed by atoms with van der Waals surface area (Å²) in [6.45, 7) is 1.93. The number of aromatic carboxylic acids is 1. The minimum Gasteiger partial charge on any atom is -0.478 e. The van der Waals surface area contributed by atoms with Gasteiger partial charge in [0.1, 0.15) is 17.3 Å². The number of hydrogen-bond acceptors (Lipinski definition) is 3. The molecule has 1 fully saturated rings. The third kappa shape index (κ3) is 2.73. The van der Waals surface area contributed by atoms with Gasteiger partial charge in [0, 0.05) is 29.3 Å². The van der Waals surface area contributed by atoms with E-state index in [1.165, 1.54) is 6.92 Å². The lowest BCUT2D eigenvalue weighted by atomic mass is 9.98. The summed E-state index contributed by atoms with van der Waals surface area (Å²) in [5.41, 5.74) is 0.544. The third-order valence-corrected chi connectivity index (χ3v) is 4.66. The smallest absolute Gasteiger partial charge is 0.338 e. The number of aromatic nitrogens is 2. The van der Waals surface area contributed by atoms with Crippen LogP contribution in [0, 0.1) is 18.6 Å². The second-order valence-corrected chi connectivity index (χ2v) is 6.60. The predicted octanol–water partition coefficient (Wildman–Crippen LogP) is 3.88. The largest absolute Gasteiger partial charge is 0.478 e. The van der Waals surface area contributed by atoms with Gasteiger partial charge < -0.3 is 14.2 Å². The molecule has 3 aromatic rings. The lowest BCUT2D eigenvalue weighted by molar-refractivity contribution is 0.0691. The van der Waals surface area contributed by atoms with Gasteiger partial charge in [0.25, 0.3) is 0 Å². The van der Waals surface area contributed by atoms with Gasteiger partial charge in [-0.1, -0.05) is 11.6 Å². The van der Waals surface area contributed by atoms with Gasteiger partial charge in [0.15, 0.2) is 0 Å². The minimum absolute atomic E-state index is 0.00386. The van der Waals surface area contributed by atoms with Gasteiger partial charge in [-0.2, -0.15) is 0 Å². The second-order valence-electron chi connectivity index (χ2n) is 6.16. The molecule has 0 amide bonds. The predicted molar refractivity (Wildman–Crippen MR) is 90.7 cm³/mol. The maximum absolute atomic E-state index is 14.7. The number of halogens is 3. The normalized spacial score (nSPS) is 16.2. The topological polar surface area (TPSA) is 67.1 Å². The van der Waals surface area contributed by atoms with Crippen molar-refractivity contribution < 1.29 is 23.4 Å². The first-order valence-electron chi connectivity index (χ1n) is 7.87. The van der Waals surface area contributed by atoms with Crippen molar-refractivity contribution in [3.05, 3.63) is 57.9 Å². The minimum atomic E-state index is -1.52. The fourth-order valence-corrected chi connectivity index (χ4v) is 3.22. The summed E-state index contributed by atoms with van der Waals surface area (Å²) < 4.78 is 36.2. The van der Waals surface area contributed by atoms with Crippen LogP contribution in [0.2, 0.25) is 5.02 Å². The zero-order valence-electron chi connectivity index (χ0n) is 13.6. The Morgan fingerprint density at radius 1 is 1.46 bits per heavy atom. The number of pyridine rings is 1. The highest BCUT2D eigenvalue weighted by molar-refractivity contribution is 6.30. The van der Waals surface area contributed by atoms with Gasteiger partial charge in [-0.05, 0) is 24.6 Å². The van der Waals surface area contributed by atoms with Crippen LogP contribution in [0.1, 0.15) is 21.6 Å². The molecule has 3 heterocycles. The number of ether oxygens (including phenoxy) is 1. The Bertz CT molecular complexity index is 1060.